The average Bonchev–Trinajstić information content (AvgIpc) is 2.74. The highest BCUT2D eigenvalue weighted by Crippen LogP contribution is 2.31. The third kappa shape index (κ3) is 3.42. The Bertz CT molecular complexity index is 345. The van der Waals surface area contributed by atoms with Gasteiger partial charge in [0.1, 0.15) is 5.54 Å². The highest BCUT2D eigenvalue weighted by atomic mass is 16.2. The molecule has 6 nitrogen and oxygen atoms in total. The van der Waals surface area contributed by atoms with E-state index in [4.69, 9.17) is 0 Å². The number of rotatable bonds is 3. The molecule has 0 bridgehead atoms. The molecule has 0 unspecified atom stereocenters. The van der Waals surface area contributed by atoms with Crippen LogP contribution < -0.4 is 16.0 Å². The fourth-order valence-electron chi connectivity index (χ4n) is 3.14. The van der Waals surface area contributed by atoms with Crippen molar-refractivity contribution in [2.75, 3.05) is 32.7 Å². The first-order chi connectivity index (χ1) is 9.68. The van der Waals surface area contributed by atoms with Gasteiger partial charge in [0.05, 0.1) is 0 Å². The van der Waals surface area contributed by atoms with Crippen molar-refractivity contribution >= 4 is 11.9 Å². The Labute approximate surface area is 120 Å². The van der Waals surface area contributed by atoms with E-state index >= 15 is 0 Å². The van der Waals surface area contributed by atoms with E-state index in [-0.39, 0.29) is 11.9 Å². The molecule has 1 saturated carbocycles. The number of nitrogens with zero attached hydrogens (tertiary/aromatic N) is 1. The van der Waals surface area contributed by atoms with E-state index in [9.17, 15) is 9.59 Å². The number of hydrogen-bond donors (Lipinski definition) is 3. The molecule has 20 heavy (non-hydrogen) atoms. The number of carbonyl (C=O) groups excluding carboxylic acids is 2. The van der Waals surface area contributed by atoms with Gasteiger partial charge >= 0.3 is 6.03 Å². The third-order valence-electron chi connectivity index (χ3n) is 4.18. The summed E-state index contributed by atoms with van der Waals surface area (Å²) in [6.07, 6.45) is 4.50. The summed E-state index contributed by atoms with van der Waals surface area (Å²) in [5.74, 6) is 0.102. The monoisotopic (exact) mass is 282 g/mol. The Morgan fingerprint density at radius 1 is 1.15 bits per heavy atom. The molecule has 3 N–H and O–H groups in total. The van der Waals surface area contributed by atoms with Crippen LogP contribution in [0.3, 0.4) is 0 Å². The van der Waals surface area contributed by atoms with Crippen LogP contribution in [0.1, 0.15) is 39.0 Å². The zero-order valence-corrected chi connectivity index (χ0v) is 12.3. The molecule has 0 spiro atoms. The molecule has 2 fully saturated rings. The number of hydrogen-bond acceptors (Lipinski definition) is 3. The SMILES string of the molecule is CCNC(=O)NC1(C(=O)N2CCCNCC2)CCCC1. The zero-order chi connectivity index (χ0) is 14.4. The van der Waals surface area contributed by atoms with Crippen LogP contribution in [0.15, 0.2) is 0 Å². The van der Waals surface area contributed by atoms with Crippen molar-refractivity contribution in [1.29, 1.82) is 0 Å². The quantitative estimate of drug-likeness (QED) is 0.703. The normalized spacial score (nSPS) is 22.1. The largest absolute Gasteiger partial charge is 0.339 e. The number of nitrogens with one attached hydrogen (secondary N) is 3. The van der Waals surface area contributed by atoms with Gasteiger partial charge in [-0.2, -0.15) is 0 Å². The van der Waals surface area contributed by atoms with Crippen LogP contribution in [0, 0.1) is 0 Å². The molecular formula is C14H26N4O2. The van der Waals surface area contributed by atoms with Crippen molar-refractivity contribution in [3.63, 3.8) is 0 Å². The molecule has 1 heterocycles. The minimum Gasteiger partial charge on any atom is -0.339 e. The molecule has 1 aliphatic carbocycles. The van der Waals surface area contributed by atoms with Crippen molar-refractivity contribution in [2.24, 2.45) is 0 Å². The maximum Gasteiger partial charge on any atom is 0.315 e. The highest BCUT2D eigenvalue weighted by Gasteiger charge is 2.44. The van der Waals surface area contributed by atoms with Crippen LogP contribution in [0.25, 0.3) is 0 Å². The highest BCUT2D eigenvalue weighted by molar-refractivity contribution is 5.91. The molecule has 0 radical (unpaired) electrons. The second kappa shape index (κ2) is 6.92. The van der Waals surface area contributed by atoms with E-state index in [0.29, 0.717) is 6.54 Å². The van der Waals surface area contributed by atoms with Crippen molar-refractivity contribution in [1.82, 2.24) is 20.9 Å². The van der Waals surface area contributed by atoms with E-state index in [1.807, 2.05) is 11.8 Å². The van der Waals surface area contributed by atoms with Crippen LogP contribution in [0.5, 0.6) is 0 Å². The Kier molecular flexibility index (Phi) is 5.23. The van der Waals surface area contributed by atoms with Gasteiger partial charge < -0.3 is 20.9 Å². The number of amides is 3. The first-order valence-electron chi connectivity index (χ1n) is 7.74. The van der Waals surface area contributed by atoms with Crippen molar-refractivity contribution in [2.45, 2.75) is 44.6 Å². The molecular weight excluding hydrogens is 256 g/mol. The fraction of sp³-hybridized carbons (Fsp3) is 0.857. The lowest BCUT2D eigenvalue weighted by atomic mass is 9.95. The summed E-state index contributed by atoms with van der Waals surface area (Å²) < 4.78 is 0. The molecule has 2 aliphatic rings. The van der Waals surface area contributed by atoms with Crippen molar-refractivity contribution in [3.05, 3.63) is 0 Å². The Balaban J connectivity index is 2.06. The Hall–Kier alpha value is -1.30. The Morgan fingerprint density at radius 3 is 2.60 bits per heavy atom. The maximum absolute atomic E-state index is 12.9. The van der Waals surface area contributed by atoms with Crippen LogP contribution in [-0.4, -0.2) is 55.1 Å². The van der Waals surface area contributed by atoms with E-state index in [1.165, 1.54) is 0 Å². The summed E-state index contributed by atoms with van der Waals surface area (Å²) in [5, 5.41) is 8.99. The predicted octanol–water partition coefficient (Wildman–Crippen LogP) is 0.440. The van der Waals surface area contributed by atoms with Gasteiger partial charge in [-0.1, -0.05) is 12.8 Å². The molecule has 0 aromatic carbocycles. The molecule has 3 amide bonds. The average molecular weight is 282 g/mol. The van der Waals surface area contributed by atoms with E-state index in [1.54, 1.807) is 0 Å². The minimum atomic E-state index is -0.677. The third-order valence-corrected chi connectivity index (χ3v) is 4.18. The minimum absolute atomic E-state index is 0.102. The molecule has 1 aliphatic heterocycles. The lowest BCUT2D eigenvalue weighted by Crippen LogP contribution is -2.60. The van der Waals surface area contributed by atoms with Gasteiger partial charge in [0.15, 0.2) is 0 Å². The van der Waals surface area contributed by atoms with Crippen molar-refractivity contribution < 1.29 is 9.59 Å². The second-order valence-electron chi connectivity index (χ2n) is 5.67. The Morgan fingerprint density at radius 2 is 1.90 bits per heavy atom. The summed E-state index contributed by atoms with van der Waals surface area (Å²) >= 11 is 0. The van der Waals surface area contributed by atoms with E-state index in [2.05, 4.69) is 16.0 Å². The van der Waals surface area contributed by atoms with Crippen LogP contribution in [0.4, 0.5) is 4.79 Å². The molecule has 1 saturated heterocycles. The molecule has 0 aromatic heterocycles. The first kappa shape index (κ1) is 15.1. The topological polar surface area (TPSA) is 73.5 Å². The van der Waals surface area contributed by atoms with E-state index in [0.717, 1.165) is 58.3 Å². The predicted molar refractivity (Wildman–Crippen MR) is 77.5 cm³/mol. The molecule has 2 rings (SSSR count). The van der Waals surface area contributed by atoms with Crippen LogP contribution in [0.2, 0.25) is 0 Å². The summed E-state index contributed by atoms with van der Waals surface area (Å²) in [6.45, 7) is 5.76. The smallest absolute Gasteiger partial charge is 0.315 e. The van der Waals surface area contributed by atoms with E-state index < -0.39 is 5.54 Å². The van der Waals surface area contributed by atoms with Crippen LogP contribution >= 0.6 is 0 Å². The summed E-state index contributed by atoms with van der Waals surface area (Å²) in [5.41, 5.74) is -0.677. The number of carbonyl (C=O) groups is 2. The fourth-order valence-corrected chi connectivity index (χ4v) is 3.14. The van der Waals surface area contributed by atoms with Crippen molar-refractivity contribution in [3.8, 4) is 0 Å². The zero-order valence-electron chi connectivity index (χ0n) is 12.3. The molecule has 0 aromatic rings. The molecule has 114 valence electrons. The number of urea groups is 1. The van der Waals surface area contributed by atoms with Crippen LogP contribution in [-0.2, 0) is 4.79 Å². The maximum atomic E-state index is 12.9. The standard InChI is InChI=1S/C14H26N4O2/c1-2-16-13(20)17-14(6-3-4-7-14)12(19)18-10-5-8-15-9-11-18/h15H,2-11H2,1H3,(H2,16,17,20). The summed E-state index contributed by atoms with van der Waals surface area (Å²) in [6, 6.07) is -0.226. The molecule has 0 atom stereocenters. The van der Waals surface area contributed by atoms with Gasteiger partial charge in [0.2, 0.25) is 5.91 Å². The van der Waals surface area contributed by atoms with Gasteiger partial charge in [-0.3, -0.25) is 4.79 Å². The second-order valence-corrected chi connectivity index (χ2v) is 5.67. The molecule has 6 heteroatoms. The lowest BCUT2D eigenvalue weighted by Gasteiger charge is -2.34. The summed E-state index contributed by atoms with van der Waals surface area (Å²) in [7, 11) is 0. The summed E-state index contributed by atoms with van der Waals surface area (Å²) in [4.78, 5) is 26.6. The van der Waals surface area contributed by atoms with Gasteiger partial charge in [0, 0.05) is 26.2 Å². The first-order valence-corrected chi connectivity index (χ1v) is 7.74. The van der Waals surface area contributed by atoms with Gasteiger partial charge in [0.25, 0.3) is 0 Å². The lowest BCUT2D eigenvalue weighted by molar-refractivity contribution is -0.137. The van der Waals surface area contributed by atoms with Gasteiger partial charge in [-0.25, -0.2) is 4.79 Å². The van der Waals surface area contributed by atoms with Gasteiger partial charge in [-0.15, -0.1) is 0 Å². The van der Waals surface area contributed by atoms with Gasteiger partial charge in [-0.05, 0) is 32.7 Å².